The lowest BCUT2D eigenvalue weighted by molar-refractivity contribution is 0.482. The molecule has 2 aromatic rings. The average Bonchev–Trinajstić information content (AvgIpc) is 3.22. The van der Waals surface area contributed by atoms with E-state index in [2.05, 4.69) is 27.3 Å². The maximum Gasteiger partial charge on any atom is 0.128 e. The lowest BCUT2D eigenvalue weighted by Crippen LogP contribution is -2.15. The molecule has 0 saturated heterocycles. The van der Waals surface area contributed by atoms with Crippen LogP contribution in [0.1, 0.15) is 18.4 Å². The van der Waals surface area contributed by atoms with Crippen molar-refractivity contribution in [1.82, 2.24) is 5.32 Å². The first-order chi connectivity index (χ1) is 9.70. The molecule has 0 amide bonds. The van der Waals surface area contributed by atoms with E-state index in [9.17, 15) is 0 Å². The van der Waals surface area contributed by atoms with Crippen LogP contribution >= 0.6 is 27.5 Å². The van der Waals surface area contributed by atoms with Gasteiger partial charge in [-0.1, -0.05) is 39.7 Å². The van der Waals surface area contributed by atoms with Gasteiger partial charge >= 0.3 is 0 Å². The summed E-state index contributed by atoms with van der Waals surface area (Å²) in [5, 5.41) is 4.18. The van der Waals surface area contributed by atoms with Crippen LogP contribution in [0.15, 0.2) is 46.9 Å². The maximum absolute atomic E-state index is 5.95. The minimum Gasteiger partial charge on any atom is -0.457 e. The largest absolute Gasteiger partial charge is 0.457 e. The highest BCUT2D eigenvalue weighted by atomic mass is 79.9. The minimum atomic E-state index is 0.673. The summed E-state index contributed by atoms with van der Waals surface area (Å²) in [6.45, 7) is 0.892. The predicted molar refractivity (Wildman–Crippen MR) is 85.5 cm³/mol. The quantitative estimate of drug-likeness (QED) is 0.804. The topological polar surface area (TPSA) is 21.3 Å². The third-order valence-electron chi connectivity index (χ3n) is 3.21. The molecule has 0 atom stereocenters. The Hall–Kier alpha value is -1.03. The lowest BCUT2D eigenvalue weighted by atomic mass is 10.2. The van der Waals surface area contributed by atoms with Crippen LogP contribution in [0.25, 0.3) is 0 Å². The van der Waals surface area contributed by atoms with E-state index < -0.39 is 0 Å². The normalized spacial score (nSPS) is 14.3. The molecule has 1 aliphatic rings. The number of hydrogen-bond donors (Lipinski definition) is 1. The molecular weight excluding hydrogens is 338 g/mol. The van der Waals surface area contributed by atoms with Crippen molar-refractivity contribution < 1.29 is 4.74 Å². The molecule has 1 saturated carbocycles. The fraction of sp³-hybridized carbons (Fsp3) is 0.250. The molecule has 0 unspecified atom stereocenters. The highest BCUT2D eigenvalue weighted by Gasteiger charge is 2.20. The molecule has 3 rings (SSSR count). The van der Waals surface area contributed by atoms with Crippen molar-refractivity contribution in [2.45, 2.75) is 25.4 Å². The van der Waals surface area contributed by atoms with Gasteiger partial charge in [-0.3, -0.25) is 0 Å². The molecule has 0 aliphatic heterocycles. The van der Waals surface area contributed by atoms with E-state index in [-0.39, 0.29) is 0 Å². The summed E-state index contributed by atoms with van der Waals surface area (Å²) < 4.78 is 6.86. The Labute approximate surface area is 132 Å². The first-order valence-electron chi connectivity index (χ1n) is 6.66. The van der Waals surface area contributed by atoms with Crippen LogP contribution in [0.2, 0.25) is 5.02 Å². The van der Waals surface area contributed by atoms with Crippen LogP contribution in [0.4, 0.5) is 0 Å². The second-order valence-electron chi connectivity index (χ2n) is 4.97. The van der Waals surface area contributed by atoms with Crippen molar-refractivity contribution in [2.75, 3.05) is 0 Å². The third kappa shape index (κ3) is 3.75. The van der Waals surface area contributed by atoms with E-state index in [4.69, 9.17) is 16.3 Å². The van der Waals surface area contributed by atoms with E-state index in [1.807, 2.05) is 30.3 Å². The van der Waals surface area contributed by atoms with Gasteiger partial charge in [0.25, 0.3) is 0 Å². The van der Waals surface area contributed by atoms with E-state index >= 15 is 0 Å². The summed E-state index contributed by atoms with van der Waals surface area (Å²) >= 11 is 9.55. The zero-order valence-electron chi connectivity index (χ0n) is 10.9. The molecule has 0 spiro atoms. The van der Waals surface area contributed by atoms with Crippen LogP contribution < -0.4 is 10.1 Å². The van der Waals surface area contributed by atoms with Crippen molar-refractivity contribution in [3.63, 3.8) is 0 Å². The minimum absolute atomic E-state index is 0.673. The lowest BCUT2D eigenvalue weighted by Gasteiger charge is -2.10. The Morgan fingerprint density at radius 2 is 1.95 bits per heavy atom. The highest BCUT2D eigenvalue weighted by molar-refractivity contribution is 9.10. The van der Waals surface area contributed by atoms with Crippen LogP contribution in [0.3, 0.4) is 0 Å². The fourth-order valence-corrected chi connectivity index (χ4v) is 2.62. The number of ether oxygens (including phenoxy) is 1. The molecule has 104 valence electrons. The molecule has 0 aromatic heterocycles. The van der Waals surface area contributed by atoms with Crippen molar-refractivity contribution in [3.05, 3.63) is 57.5 Å². The number of nitrogens with one attached hydrogen (secondary N) is 1. The maximum atomic E-state index is 5.95. The summed E-state index contributed by atoms with van der Waals surface area (Å²) in [7, 11) is 0. The molecular formula is C16H15BrClNO. The van der Waals surface area contributed by atoms with Gasteiger partial charge in [-0.2, -0.15) is 0 Å². The van der Waals surface area contributed by atoms with Gasteiger partial charge in [-0.05, 0) is 48.7 Å². The molecule has 4 heteroatoms. The molecule has 0 bridgehead atoms. The molecule has 1 aliphatic carbocycles. The summed E-state index contributed by atoms with van der Waals surface area (Å²) in [6.07, 6.45) is 2.60. The number of halogens is 2. The van der Waals surface area contributed by atoms with Crippen LogP contribution in [-0.2, 0) is 6.54 Å². The summed E-state index contributed by atoms with van der Waals surface area (Å²) in [4.78, 5) is 0. The van der Waals surface area contributed by atoms with Crippen molar-refractivity contribution in [3.8, 4) is 11.5 Å². The van der Waals surface area contributed by atoms with E-state index in [1.54, 1.807) is 6.07 Å². The van der Waals surface area contributed by atoms with Gasteiger partial charge < -0.3 is 10.1 Å². The molecule has 1 N–H and O–H groups in total. The zero-order chi connectivity index (χ0) is 13.9. The molecule has 20 heavy (non-hydrogen) atoms. The standard InChI is InChI=1S/C16H15BrClNO/c17-16-9-15(20-14-3-1-2-12(18)8-14)7-4-11(16)10-19-13-5-6-13/h1-4,7-9,13,19H,5-6,10H2. The van der Waals surface area contributed by atoms with Crippen LogP contribution in [0.5, 0.6) is 11.5 Å². The van der Waals surface area contributed by atoms with Gasteiger partial charge in [-0.15, -0.1) is 0 Å². The van der Waals surface area contributed by atoms with Gasteiger partial charge in [0, 0.05) is 22.1 Å². The second kappa shape index (κ2) is 6.17. The molecule has 2 aromatic carbocycles. The first-order valence-corrected chi connectivity index (χ1v) is 7.83. The summed E-state index contributed by atoms with van der Waals surface area (Å²) in [5.41, 5.74) is 1.25. The van der Waals surface area contributed by atoms with Crippen LogP contribution in [0, 0.1) is 0 Å². The Balaban J connectivity index is 1.69. The Kier molecular flexibility index (Phi) is 4.29. The number of hydrogen-bond acceptors (Lipinski definition) is 2. The van der Waals surface area contributed by atoms with Gasteiger partial charge in [-0.25, -0.2) is 0 Å². The SMILES string of the molecule is Clc1cccc(Oc2ccc(CNC3CC3)c(Br)c2)c1. The number of rotatable bonds is 5. The first kappa shape index (κ1) is 13.9. The molecule has 0 radical (unpaired) electrons. The second-order valence-corrected chi connectivity index (χ2v) is 6.26. The van der Waals surface area contributed by atoms with Crippen molar-refractivity contribution in [1.29, 1.82) is 0 Å². The van der Waals surface area contributed by atoms with Gasteiger partial charge in [0.1, 0.15) is 11.5 Å². The van der Waals surface area contributed by atoms with E-state index in [0.717, 1.165) is 22.5 Å². The Morgan fingerprint density at radius 3 is 2.65 bits per heavy atom. The predicted octanol–water partition coefficient (Wildman–Crippen LogP) is 5.15. The average molecular weight is 353 g/mol. The van der Waals surface area contributed by atoms with Crippen LogP contribution in [-0.4, -0.2) is 6.04 Å². The fourth-order valence-electron chi connectivity index (χ4n) is 1.94. The zero-order valence-corrected chi connectivity index (χ0v) is 13.2. The summed E-state index contributed by atoms with van der Waals surface area (Å²) in [5.74, 6) is 1.54. The summed E-state index contributed by atoms with van der Waals surface area (Å²) in [6, 6.07) is 14.2. The Bertz CT molecular complexity index is 613. The Morgan fingerprint density at radius 1 is 1.15 bits per heavy atom. The van der Waals surface area contributed by atoms with E-state index in [0.29, 0.717) is 11.1 Å². The number of benzene rings is 2. The van der Waals surface area contributed by atoms with Gasteiger partial charge in [0.05, 0.1) is 0 Å². The van der Waals surface area contributed by atoms with Crippen molar-refractivity contribution >= 4 is 27.5 Å². The highest BCUT2D eigenvalue weighted by Crippen LogP contribution is 2.29. The smallest absolute Gasteiger partial charge is 0.128 e. The van der Waals surface area contributed by atoms with Gasteiger partial charge in [0.2, 0.25) is 0 Å². The molecule has 1 fully saturated rings. The molecule has 0 heterocycles. The van der Waals surface area contributed by atoms with Crippen molar-refractivity contribution in [2.24, 2.45) is 0 Å². The monoisotopic (exact) mass is 351 g/mol. The van der Waals surface area contributed by atoms with E-state index in [1.165, 1.54) is 18.4 Å². The molecule has 2 nitrogen and oxygen atoms in total. The third-order valence-corrected chi connectivity index (χ3v) is 4.19. The van der Waals surface area contributed by atoms with Gasteiger partial charge in [0.15, 0.2) is 0 Å².